The van der Waals surface area contributed by atoms with Gasteiger partial charge in [0.15, 0.2) is 8.32 Å². The summed E-state index contributed by atoms with van der Waals surface area (Å²) in [6.45, 7) is 15.3. The Kier molecular flexibility index (Phi) is 5.83. The third-order valence-corrected chi connectivity index (χ3v) is 9.02. The molecule has 1 atom stereocenters. The molecule has 1 aromatic rings. The zero-order valence-electron chi connectivity index (χ0n) is 12.7. The maximum Gasteiger partial charge on any atom is 0.192 e. The maximum absolute atomic E-state index is 6.41. The van der Waals surface area contributed by atoms with Crippen molar-refractivity contribution in [2.45, 2.75) is 51.4 Å². The second kappa shape index (κ2) is 6.55. The lowest BCUT2D eigenvalue weighted by Gasteiger charge is -2.38. The van der Waals surface area contributed by atoms with E-state index in [2.05, 4.69) is 87.3 Å². The molecule has 0 radical (unpaired) electrons. The highest BCUT2D eigenvalue weighted by molar-refractivity contribution is 14.1. The molecule has 0 aliphatic heterocycles. The maximum atomic E-state index is 6.41. The van der Waals surface area contributed by atoms with Gasteiger partial charge >= 0.3 is 0 Å². The quantitative estimate of drug-likeness (QED) is 0.372. The summed E-state index contributed by atoms with van der Waals surface area (Å²) in [5.74, 6) is 0. The lowest BCUT2D eigenvalue weighted by Crippen LogP contribution is -2.44. The van der Waals surface area contributed by atoms with Gasteiger partial charge < -0.3 is 4.43 Å². The summed E-state index contributed by atoms with van der Waals surface area (Å²) in [5, 5.41) is 0.235. The molecule has 106 valence electrons. The Morgan fingerprint density at radius 1 is 1.37 bits per heavy atom. The van der Waals surface area contributed by atoms with Crippen LogP contribution in [0.25, 0.3) is 0 Å². The van der Waals surface area contributed by atoms with Crippen molar-refractivity contribution in [2.24, 2.45) is 0 Å². The molecule has 1 nitrogen and oxygen atoms in total. The number of benzene rings is 1. The summed E-state index contributed by atoms with van der Waals surface area (Å²) in [6, 6.07) is 8.59. The van der Waals surface area contributed by atoms with Crippen LogP contribution < -0.4 is 0 Å². The minimum atomic E-state index is -1.73. The molecule has 0 saturated heterocycles. The monoisotopic (exact) mass is 388 g/mol. The normalized spacial score (nSPS) is 14.2. The Morgan fingerprint density at radius 3 is 2.47 bits per heavy atom. The van der Waals surface area contributed by atoms with Crippen LogP contribution in [0.5, 0.6) is 0 Å². The first-order valence-corrected chi connectivity index (χ1v) is 10.7. The van der Waals surface area contributed by atoms with Crippen molar-refractivity contribution in [3.8, 4) is 0 Å². The summed E-state index contributed by atoms with van der Waals surface area (Å²) in [6.07, 6.45) is 2.96. The lowest BCUT2D eigenvalue weighted by atomic mass is 10.1. The molecule has 1 aromatic carbocycles. The number of halogens is 1. The van der Waals surface area contributed by atoms with Crippen LogP contribution in [-0.2, 0) is 10.8 Å². The molecule has 1 rings (SSSR count). The van der Waals surface area contributed by atoms with Gasteiger partial charge in [0.05, 0.1) is 6.10 Å². The van der Waals surface area contributed by atoms with Crippen LogP contribution in [0, 0.1) is 3.57 Å². The highest BCUT2D eigenvalue weighted by Crippen LogP contribution is 2.37. The third kappa shape index (κ3) is 5.04. The fourth-order valence-electron chi connectivity index (χ4n) is 1.62. The molecule has 0 bridgehead atoms. The fourth-order valence-corrected chi connectivity index (χ4v) is 3.52. The number of hydrogen-bond donors (Lipinski definition) is 0. The summed E-state index contributed by atoms with van der Waals surface area (Å²) in [4.78, 5) is 0. The van der Waals surface area contributed by atoms with Gasteiger partial charge in [0, 0.05) is 9.99 Å². The van der Waals surface area contributed by atoms with Crippen LogP contribution in [0.1, 0.15) is 26.3 Å². The van der Waals surface area contributed by atoms with E-state index in [0.717, 1.165) is 6.42 Å². The molecular formula is C16H25IOSi. The Labute approximate surface area is 132 Å². The number of hydrogen-bond acceptors (Lipinski definition) is 1. The van der Waals surface area contributed by atoms with Gasteiger partial charge in [0.2, 0.25) is 0 Å². The van der Waals surface area contributed by atoms with E-state index in [1.807, 2.05) is 6.08 Å². The molecule has 0 N–H and O–H groups in total. The van der Waals surface area contributed by atoms with Gasteiger partial charge in [-0.1, -0.05) is 39.0 Å². The SMILES string of the molecule is C=CC(Cc1cccc(I)c1)O[Si](C)(C)C(C)(C)C. The topological polar surface area (TPSA) is 9.23 Å². The van der Waals surface area contributed by atoms with Gasteiger partial charge in [-0.15, -0.1) is 6.58 Å². The van der Waals surface area contributed by atoms with Crippen molar-refractivity contribution in [3.05, 3.63) is 46.1 Å². The van der Waals surface area contributed by atoms with Gasteiger partial charge in [-0.05, 0) is 58.4 Å². The average molecular weight is 388 g/mol. The lowest BCUT2D eigenvalue weighted by molar-refractivity contribution is 0.225. The predicted octanol–water partition coefficient (Wildman–Crippen LogP) is 5.41. The standard InChI is InChI=1S/C16H25IOSi/c1-7-15(18-19(5,6)16(2,3)4)12-13-9-8-10-14(17)11-13/h7-11,15H,1,12H2,2-6H3. The molecule has 0 saturated carbocycles. The minimum Gasteiger partial charge on any atom is -0.410 e. The highest BCUT2D eigenvalue weighted by Gasteiger charge is 2.38. The fraction of sp³-hybridized carbons (Fsp3) is 0.500. The van der Waals surface area contributed by atoms with Gasteiger partial charge in [0.25, 0.3) is 0 Å². The van der Waals surface area contributed by atoms with Crippen LogP contribution in [-0.4, -0.2) is 14.4 Å². The second-order valence-corrected chi connectivity index (χ2v) is 12.5. The molecular weight excluding hydrogens is 363 g/mol. The van der Waals surface area contributed by atoms with Gasteiger partial charge in [-0.3, -0.25) is 0 Å². The molecule has 0 aromatic heterocycles. The first-order chi connectivity index (χ1) is 8.65. The van der Waals surface area contributed by atoms with E-state index >= 15 is 0 Å². The van der Waals surface area contributed by atoms with Crippen LogP contribution >= 0.6 is 22.6 Å². The van der Waals surface area contributed by atoms with Gasteiger partial charge in [-0.2, -0.15) is 0 Å². The Bertz CT molecular complexity index is 435. The molecule has 0 fully saturated rings. The first-order valence-electron chi connectivity index (χ1n) is 6.70. The van der Waals surface area contributed by atoms with E-state index in [1.54, 1.807) is 0 Å². The van der Waals surface area contributed by atoms with Crippen LogP contribution in [0.15, 0.2) is 36.9 Å². The van der Waals surface area contributed by atoms with Crippen molar-refractivity contribution in [1.29, 1.82) is 0 Å². The molecule has 0 aliphatic rings. The van der Waals surface area contributed by atoms with E-state index in [0.29, 0.717) is 0 Å². The van der Waals surface area contributed by atoms with E-state index in [1.165, 1.54) is 9.13 Å². The average Bonchev–Trinajstić information content (AvgIpc) is 2.26. The molecule has 0 heterocycles. The second-order valence-electron chi connectivity index (χ2n) is 6.49. The van der Waals surface area contributed by atoms with Crippen molar-refractivity contribution < 1.29 is 4.43 Å². The van der Waals surface area contributed by atoms with E-state index in [-0.39, 0.29) is 11.1 Å². The molecule has 1 unspecified atom stereocenters. The zero-order chi connectivity index (χ0) is 14.7. The predicted molar refractivity (Wildman–Crippen MR) is 95.1 cm³/mol. The van der Waals surface area contributed by atoms with E-state index < -0.39 is 8.32 Å². The van der Waals surface area contributed by atoms with Crippen molar-refractivity contribution in [3.63, 3.8) is 0 Å². The Hall–Kier alpha value is -0.133. The molecule has 3 heteroatoms. The highest BCUT2D eigenvalue weighted by atomic mass is 127. The largest absolute Gasteiger partial charge is 0.410 e. The summed E-state index contributed by atoms with van der Waals surface area (Å²) >= 11 is 2.35. The van der Waals surface area contributed by atoms with Crippen LogP contribution in [0.2, 0.25) is 18.1 Å². The van der Waals surface area contributed by atoms with E-state index in [9.17, 15) is 0 Å². The zero-order valence-corrected chi connectivity index (χ0v) is 15.8. The Morgan fingerprint density at radius 2 is 2.00 bits per heavy atom. The van der Waals surface area contributed by atoms with Crippen LogP contribution in [0.4, 0.5) is 0 Å². The Balaban J connectivity index is 2.78. The van der Waals surface area contributed by atoms with Crippen molar-refractivity contribution in [2.75, 3.05) is 0 Å². The minimum absolute atomic E-state index is 0.110. The summed E-state index contributed by atoms with van der Waals surface area (Å²) in [7, 11) is -1.73. The summed E-state index contributed by atoms with van der Waals surface area (Å²) < 4.78 is 7.68. The molecule has 0 spiro atoms. The third-order valence-electron chi connectivity index (χ3n) is 3.84. The summed E-state index contributed by atoms with van der Waals surface area (Å²) in [5.41, 5.74) is 1.32. The number of rotatable bonds is 5. The van der Waals surface area contributed by atoms with Gasteiger partial charge in [-0.25, -0.2) is 0 Å². The van der Waals surface area contributed by atoms with Gasteiger partial charge in [0.1, 0.15) is 0 Å². The first kappa shape index (κ1) is 16.9. The molecule has 19 heavy (non-hydrogen) atoms. The smallest absolute Gasteiger partial charge is 0.192 e. The van der Waals surface area contributed by atoms with Crippen LogP contribution in [0.3, 0.4) is 0 Å². The molecule has 0 aliphatic carbocycles. The molecule has 0 amide bonds. The van der Waals surface area contributed by atoms with Crippen molar-refractivity contribution >= 4 is 30.9 Å². The van der Waals surface area contributed by atoms with Crippen molar-refractivity contribution in [1.82, 2.24) is 0 Å². The van der Waals surface area contributed by atoms with E-state index in [4.69, 9.17) is 4.43 Å².